The zero-order valence-corrected chi connectivity index (χ0v) is 20.0. The van der Waals surface area contributed by atoms with Gasteiger partial charge in [-0.1, -0.05) is 0 Å². The van der Waals surface area contributed by atoms with Crippen molar-refractivity contribution in [3.05, 3.63) is 23.2 Å². The van der Waals surface area contributed by atoms with Gasteiger partial charge in [0, 0.05) is 31.7 Å². The summed E-state index contributed by atoms with van der Waals surface area (Å²) in [6.45, 7) is 14.4. The summed E-state index contributed by atoms with van der Waals surface area (Å²) in [5, 5.41) is 17.4. The standard InChI is InChI=1S/C20H36N4O3.HI/c1-5-21-19(22-8-6-7-9-24-10-12-26-13-11-24)23-15-20(4,25)18-14-16(2)27-17(18)3;/h14,25H,5-13,15H2,1-4H3,(H2,21,22,23);1H. The van der Waals surface area contributed by atoms with Crippen LogP contribution in [0.1, 0.15) is 43.8 Å². The number of rotatable bonds is 9. The van der Waals surface area contributed by atoms with E-state index in [9.17, 15) is 5.11 Å². The number of guanidine groups is 1. The van der Waals surface area contributed by atoms with Crippen LogP contribution in [-0.4, -0.2) is 68.4 Å². The molecule has 1 aromatic rings. The van der Waals surface area contributed by atoms with E-state index < -0.39 is 5.60 Å². The average Bonchev–Trinajstić information content (AvgIpc) is 2.99. The van der Waals surface area contributed by atoms with Gasteiger partial charge < -0.3 is 24.9 Å². The average molecular weight is 508 g/mol. The number of hydrogen-bond acceptors (Lipinski definition) is 5. The molecule has 162 valence electrons. The van der Waals surface area contributed by atoms with Crippen molar-refractivity contribution in [2.24, 2.45) is 4.99 Å². The van der Waals surface area contributed by atoms with Crippen molar-refractivity contribution < 1.29 is 14.3 Å². The topological polar surface area (TPSA) is 82.3 Å². The number of morpholine rings is 1. The molecule has 1 saturated heterocycles. The van der Waals surface area contributed by atoms with Crippen LogP contribution >= 0.6 is 24.0 Å². The molecule has 2 rings (SSSR count). The number of hydrogen-bond donors (Lipinski definition) is 3. The minimum Gasteiger partial charge on any atom is -0.466 e. The quantitative estimate of drug-likeness (QED) is 0.206. The number of ether oxygens (including phenoxy) is 1. The van der Waals surface area contributed by atoms with Crippen molar-refractivity contribution in [3.63, 3.8) is 0 Å². The molecule has 0 spiro atoms. The Morgan fingerprint density at radius 3 is 2.57 bits per heavy atom. The van der Waals surface area contributed by atoms with Gasteiger partial charge in [0.25, 0.3) is 0 Å². The molecule has 7 nitrogen and oxygen atoms in total. The van der Waals surface area contributed by atoms with Crippen molar-refractivity contribution in [1.82, 2.24) is 15.5 Å². The highest BCUT2D eigenvalue weighted by Crippen LogP contribution is 2.27. The lowest BCUT2D eigenvalue weighted by atomic mass is 9.96. The maximum atomic E-state index is 10.8. The smallest absolute Gasteiger partial charge is 0.191 e. The van der Waals surface area contributed by atoms with Gasteiger partial charge in [-0.15, -0.1) is 24.0 Å². The van der Waals surface area contributed by atoms with Crippen molar-refractivity contribution in [1.29, 1.82) is 0 Å². The van der Waals surface area contributed by atoms with Gasteiger partial charge in [0.2, 0.25) is 0 Å². The van der Waals surface area contributed by atoms with Gasteiger partial charge in [0.1, 0.15) is 17.1 Å². The van der Waals surface area contributed by atoms with Crippen LogP contribution < -0.4 is 10.6 Å². The Morgan fingerprint density at radius 2 is 1.96 bits per heavy atom. The fraction of sp³-hybridized carbons (Fsp3) is 0.750. The van der Waals surface area contributed by atoms with Crippen LogP contribution in [0.4, 0.5) is 0 Å². The Bertz CT molecular complexity index is 598. The molecule has 1 atom stereocenters. The molecule has 0 amide bonds. The number of aliphatic hydroxyl groups is 1. The summed E-state index contributed by atoms with van der Waals surface area (Å²) in [5.41, 5.74) is -0.259. The van der Waals surface area contributed by atoms with Crippen LogP contribution in [0, 0.1) is 13.8 Å². The number of nitrogens with zero attached hydrogens (tertiary/aromatic N) is 2. The minimum absolute atomic E-state index is 0. The lowest BCUT2D eigenvalue weighted by Gasteiger charge is -2.26. The predicted molar refractivity (Wildman–Crippen MR) is 124 cm³/mol. The number of furan rings is 1. The molecule has 3 N–H and O–H groups in total. The summed E-state index contributed by atoms with van der Waals surface area (Å²) in [7, 11) is 0. The van der Waals surface area contributed by atoms with Gasteiger partial charge >= 0.3 is 0 Å². The van der Waals surface area contributed by atoms with Gasteiger partial charge in [-0.2, -0.15) is 0 Å². The number of aliphatic imine (C=N–C) groups is 1. The second kappa shape index (κ2) is 12.7. The second-order valence-corrected chi connectivity index (χ2v) is 7.38. The van der Waals surface area contributed by atoms with E-state index in [2.05, 4.69) is 20.5 Å². The third-order valence-corrected chi connectivity index (χ3v) is 4.81. The summed E-state index contributed by atoms with van der Waals surface area (Å²) in [4.78, 5) is 7.03. The van der Waals surface area contributed by atoms with E-state index in [1.165, 1.54) is 0 Å². The van der Waals surface area contributed by atoms with E-state index in [0.29, 0.717) is 0 Å². The van der Waals surface area contributed by atoms with Gasteiger partial charge in [0.05, 0.1) is 19.8 Å². The highest BCUT2D eigenvalue weighted by Gasteiger charge is 2.27. The summed E-state index contributed by atoms with van der Waals surface area (Å²) >= 11 is 0. The molecule has 28 heavy (non-hydrogen) atoms. The normalized spacial score (nSPS) is 17.7. The Kier molecular flexibility index (Phi) is 11.4. The maximum absolute atomic E-state index is 10.8. The summed E-state index contributed by atoms with van der Waals surface area (Å²) < 4.78 is 10.9. The number of halogens is 1. The fourth-order valence-electron chi connectivity index (χ4n) is 3.32. The van der Waals surface area contributed by atoms with Crippen molar-refractivity contribution in [2.45, 2.75) is 46.1 Å². The highest BCUT2D eigenvalue weighted by molar-refractivity contribution is 14.0. The largest absolute Gasteiger partial charge is 0.466 e. The highest BCUT2D eigenvalue weighted by atomic mass is 127. The molecule has 0 radical (unpaired) electrons. The van der Waals surface area contributed by atoms with Crippen LogP contribution in [0.3, 0.4) is 0 Å². The Morgan fingerprint density at radius 1 is 1.25 bits per heavy atom. The van der Waals surface area contributed by atoms with E-state index in [1.807, 2.05) is 26.8 Å². The zero-order chi connectivity index (χ0) is 19.7. The first kappa shape index (κ1) is 25.2. The Balaban J connectivity index is 0.00000392. The second-order valence-electron chi connectivity index (χ2n) is 7.38. The van der Waals surface area contributed by atoms with Crippen molar-refractivity contribution in [3.8, 4) is 0 Å². The molecule has 8 heteroatoms. The molecule has 0 saturated carbocycles. The molecule has 0 aliphatic carbocycles. The lowest BCUT2D eigenvalue weighted by molar-refractivity contribution is 0.0372. The SMILES string of the molecule is CCNC(=NCC(C)(O)c1cc(C)oc1C)NCCCCN1CCOCC1.I. The van der Waals surface area contributed by atoms with Crippen molar-refractivity contribution >= 4 is 29.9 Å². The molecular weight excluding hydrogens is 471 g/mol. The van der Waals surface area contributed by atoms with Crippen molar-refractivity contribution in [2.75, 3.05) is 52.5 Å². The van der Waals surface area contributed by atoms with Gasteiger partial charge in [0.15, 0.2) is 5.96 Å². The van der Waals surface area contributed by atoms with Crippen LogP contribution in [0.2, 0.25) is 0 Å². The van der Waals surface area contributed by atoms with Gasteiger partial charge in [-0.3, -0.25) is 4.90 Å². The molecular formula is C20H37IN4O3. The summed E-state index contributed by atoms with van der Waals surface area (Å²) in [5.74, 6) is 2.29. The molecule has 0 aromatic carbocycles. The monoisotopic (exact) mass is 508 g/mol. The van der Waals surface area contributed by atoms with Crippen LogP contribution in [0.5, 0.6) is 0 Å². The molecule has 2 heterocycles. The predicted octanol–water partition coefficient (Wildman–Crippen LogP) is 2.39. The van der Waals surface area contributed by atoms with E-state index in [-0.39, 0.29) is 30.5 Å². The Labute approximate surface area is 186 Å². The minimum atomic E-state index is -1.06. The van der Waals surface area contributed by atoms with E-state index in [4.69, 9.17) is 9.15 Å². The van der Waals surface area contributed by atoms with Crippen LogP contribution in [0.15, 0.2) is 15.5 Å². The first-order chi connectivity index (χ1) is 12.9. The van der Waals surface area contributed by atoms with Gasteiger partial charge in [-0.05, 0) is 53.1 Å². The first-order valence-electron chi connectivity index (χ1n) is 10.0. The number of aryl methyl sites for hydroxylation is 2. The molecule has 1 aliphatic rings. The summed E-state index contributed by atoms with van der Waals surface area (Å²) in [6.07, 6.45) is 2.23. The fourth-order valence-corrected chi connectivity index (χ4v) is 3.32. The van der Waals surface area contributed by atoms with Gasteiger partial charge in [-0.25, -0.2) is 4.99 Å². The number of nitrogens with one attached hydrogen (secondary N) is 2. The number of unbranched alkanes of at least 4 members (excludes halogenated alkanes) is 1. The van der Waals surface area contributed by atoms with E-state index in [1.54, 1.807) is 6.92 Å². The van der Waals surface area contributed by atoms with E-state index >= 15 is 0 Å². The third-order valence-electron chi connectivity index (χ3n) is 4.81. The lowest BCUT2D eigenvalue weighted by Crippen LogP contribution is -2.40. The third kappa shape index (κ3) is 8.26. The van der Waals surface area contributed by atoms with Crippen LogP contribution in [0.25, 0.3) is 0 Å². The molecule has 1 aromatic heterocycles. The zero-order valence-electron chi connectivity index (χ0n) is 17.7. The first-order valence-corrected chi connectivity index (χ1v) is 10.0. The molecule has 1 aliphatic heterocycles. The molecule has 0 bridgehead atoms. The Hall–Kier alpha value is -0.840. The molecule has 1 unspecified atom stereocenters. The maximum Gasteiger partial charge on any atom is 0.191 e. The molecule has 1 fully saturated rings. The van der Waals surface area contributed by atoms with Crippen LogP contribution in [-0.2, 0) is 10.3 Å². The van der Waals surface area contributed by atoms with E-state index in [0.717, 1.165) is 81.8 Å². The summed E-state index contributed by atoms with van der Waals surface area (Å²) in [6, 6.07) is 1.89.